The van der Waals surface area contributed by atoms with Crippen LogP contribution in [0, 0.1) is 0 Å². The number of pyridine rings is 1. The van der Waals surface area contributed by atoms with E-state index in [4.69, 9.17) is 14.2 Å². The molecule has 0 atom stereocenters. The number of nitrogens with zero attached hydrogens (tertiary/aromatic N) is 1. The summed E-state index contributed by atoms with van der Waals surface area (Å²) in [6, 6.07) is 7.14. The van der Waals surface area contributed by atoms with Gasteiger partial charge in [-0.1, -0.05) is 6.07 Å². The third kappa shape index (κ3) is 2.56. The summed E-state index contributed by atoms with van der Waals surface area (Å²) >= 11 is 0. The van der Waals surface area contributed by atoms with Crippen molar-refractivity contribution in [2.24, 2.45) is 0 Å². The predicted octanol–water partition coefficient (Wildman–Crippen LogP) is 2.59. The second-order valence-electron chi connectivity index (χ2n) is 4.01. The van der Waals surface area contributed by atoms with Gasteiger partial charge < -0.3 is 14.2 Å². The van der Waals surface area contributed by atoms with E-state index in [1.54, 1.807) is 25.4 Å². The van der Waals surface area contributed by atoms with Gasteiger partial charge in [-0.05, 0) is 23.8 Å². The van der Waals surface area contributed by atoms with E-state index in [1.807, 2.05) is 12.1 Å². The molecule has 0 radical (unpaired) electrons. The Bertz CT molecular complexity index is 625. The van der Waals surface area contributed by atoms with Gasteiger partial charge in [0.2, 0.25) is 0 Å². The van der Waals surface area contributed by atoms with Crippen molar-refractivity contribution in [3.63, 3.8) is 0 Å². The average molecular weight is 273 g/mol. The molecule has 0 aliphatic carbocycles. The summed E-state index contributed by atoms with van der Waals surface area (Å²) in [5.41, 5.74) is 2.23. The molecule has 0 aliphatic heterocycles. The third-order valence-corrected chi connectivity index (χ3v) is 2.93. The highest BCUT2D eigenvalue weighted by Crippen LogP contribution is 2.32. The summed E-state index contributed by atoms with van der Waals surface area (Å²) in [4.78, 5) is 15.1. The van der Waals surface area contributed by atoms with Gasteiger partial charge in [0.05, 0.1) is 26.9 Å². The van der Waals surface area contributed by atoms with Crippen LogP contribution >= 0.6 is 0 Å². The highest BCUT2D eigenvalue weighted by molar-refractivity contribution is 5.82. The van der Waals surface area contributed by atoms with Gasteiger partial charge in [-0.25, -0.2) is 4.98 Å². The minimum Gasteiger partial charge on any atom is -0.496 e. The fourth-order valence-electron chi connectivity index (χ4n) is 1.88. The highest BCUT2D eigenvalue weighted by Gasteiger charge is 2.10. The fourth-order valence-corrected chi connectivity index (χ4v) is 1.88. The Morgan fingerprint density at radius 1 is 0.950 bits per heavy atom. The average Bonchev–Trinajstić information content (AvgIpc) is 2.53. The number of aldehydes is 1. The van der Waals surface area contributed by atoms with E-state index < -0.39 is 0 Å². The number of rotatable bonds is 5. The molecule has 2 aromatic rings. The van der Waals surface area contributed by atoms with Gasteiger partial charge in [0.1, 0.15) is 5.75 Å². The molecule has 0 saturated heterocycles. The lowest BCUT2D eigenvalue weighted by molar-refractivity contribution is 0.112. The molecule has 2 rings (SSSR count). The largest absolute Gasteiger partial charge is 0.496 e. The van der Waals surface area contributed by atoms with Crippen LogP contribution in [-0.4, -0.2) is 32.6 Å². The Balaban J connectivity index is 2.48. The molecule has 0 saturated carbocycles. The summed E-state index contributed by atoms with van der Waals surface area (Å²) in [6.45, 7) is 0. The Labute approximate surface area is 117 Å². The first-order valence-electron chi connectivity index (χ1n) is 5.95. The second-order valence-corrected chi connectivity index (χ2v) is 4.01. The van der Waals surface area contributed by atoms with Crippen molar-refractivity contribution < 1.29 is 19.0 Å². The molecule has 1 heterocycles. The van der Waals surface area contributed by atoms with E-state index in [-0.39, 0.29) is 0 Å². The van der Waals surface area contributed by atoms with Crippen molar-refractivity contribution in [2.75, 3.05) is 21.3 Å². The SMILES string of the molecule is COc1cc(-c2cnc(OC)c(OC)c2)ccc1C=O. The van der Waals surface area contributed by atoms with E-state index in [0.717, 1.165) is 17.4 Å². The normalized spacial score (nSPS) is 9.95. The van der Waals surface area contributed by atoms with Crippen molar-refractivity contribution in [2.45, 2.75) is 0 Å². The molecule has 0 unspecified atom stereocenters. The number of carbonyl (C=O) groups is 1. The van der Waals surface area contributed by atoms with Crippen LogP contribution in [0.1, 0.15) is 10.4 Å². The van der Waals surface area contributed by atoms with Crippen LogP contribution in [0.2, 0.25) is 0 Å². The lowest BCUT2D eigenvalue weighted by Gasteiger charge is -2.10. The van der Waals surface area contributed by atoms with E-state index >= 15 is 0 Å². The maximum Gasteiger partial charge on any atom is 0.256 e. The number of methoxy groups -OCH3 is 3. The van der Waals surface area contributed by atoms with Gasteiger partial charge in [0.25, 0.3) is 5.88 Å². The summed E-state index contributed by atoms with van der Waals surface area (Å²) in [5, 5.41) is 0. The number of hydrogen-bond acceptors (Lipinski definition) is 5. The van der Waals surface area contributed by atoms with Crippen LogP contribution in [0.15, 0.2) is 30.5 Å². The molecular weight excluding hydrogens is 258 g/mol. The van der Waals surface area contributed by atoms with Crippen LogP contribution in [0.25, 0.3) is 11.1 Å². The summed E-state index contributed by atoms with van der Waals surface area (Å²) in [5.74, 6) is 1.49. The molecule has 0 spiro atoms. The van der Waals surface area contributed by atoms with Gasteiger partial charge in [-0.3, -0.25) is 4.79 Å². The van der Waals surface area contributed by atoms with Crippen molar-refractivity contribution in [1.82, 2.24) is 4.98 Å². The van der Waals surface area contributed by atoms with Gasteiger partial charge >= 0.3 is 0 Å². The first-order valence-corrected chi connectivity index (χ1v) is 5.95. The molecule has 0 aliphatic rings. The van der Waals surface area contributed by atoms with Crippen LogP contribution in [0.5, 0.6) is 17.4 Å². The summed E-state index contributed by atoms with van der Waals surface area (Å²) in [7, 11) is 4.62. The van der Waals surface area contributed by atoms with Gasteiger partial charge in [0, 0.05) is 11.8 Å². The molecule has 104 valence electrons. The molecule has 0 amide bonds. The lowest BCUT2D eigenvalue weighted by atomic mass is 10.0. The van der Waals surface area contributed by atoms with E-state index in [9.17, 15) is 4.79 Å². The topological polar surface area (TPSA) is 57.6 Å². The number of carbonyl (C=O) groups excluding carboxylic acids is 1. The van der Waals surface area contributed by atoms with E-state index in [2.05, 4.69) is 4.98 Å². The zero-order chi connectivity index (χ0) is 14.5. The number of benzene rings is 1. The smallest absolute Gasteiger partial charge is 0.256 e. The van der Waals surface area contributed by atoms with Crippen molar-refractivity contribution >= 4 is 6.29 Å². The monoisotopic (exact) mass is 273 g/mol. The Morgan fingerprint density at radius 3 is 2.25 bits per heavy atom. The minimum atomic E-state index is 0.424. The molecule has 1 aromatic heterocycles. The molecule has 5 nitrogen and oxygen atoms in total. The predicted molar refractivity (Wildman–Crippen MR) is 74.7 cm³/mol. The van der Waals surface area contributed by atoms with Crippen LogP contribution in [0.4, 0.5) is 0 Å². The lowest BCUT2D eigenvalue weighted by Crippen LogP contribution is -1.95. The van der Waals surface area contributed by atoms with Crippen LogP contribution in [0.3, 0.4) is 0 Å². The summed E-state index contributed by atoms with van der Waals surface area (Å²) in [6.07, 6.45) is 2.44. The maximum absolute atomic E-state index is 10.9. The Kier molecular flexibility index (Phi) is 4.20. The molecule has 20 heavy (non-hydrogen) atoms. The zero-order valence-corrected chi connectivity index (χ0v) is 11.5. The first-order chi connectivity index (χ1) is 9.73. The third-order valence-electron chi connectivity index (χ3n) is 2.93. The second kappa shape index (κ2) is 6.06. The standard InChI is InChI=1S/C15H15NO4/c1-18-13-6-10(4-5-11(13)9-17)12-7-14(19-2)15(20-3)16-8-12/h4-9H,1-3H3. The molecular formula is C15H15NO4. The number of aromatic nitrogens is 1. The van der Waals surface area contributed by atoms with Crippen molar-refractivity contribution in [1.29, 1.82) is 0 Å². The minimum absolute atomic E-state index is 0.424. The molecule has 5 heteroatoms. The van der Waals surface area contributed by atoms with Gasteiger partial charge in [-0.2, -0.15) is 0 Å². The van der Waals surface area contributed by atoms with Crippen LogP contribution < -0.4 is 14.2 Å². The molecule has 0 N–H and O–H groups in total. The van der Waals surface area contributed by atoms with Crippen molar-refractivity contribution in [3.8, 4) is 28.5 Å². The van der Waals surface area contributed by atoms with E-state index in [0.29, 0.717) is 22.9 Å². The number of hydrogen-bond donors (Lipinski definition) is 0. The molecule has 0 bridgehead atoms. The fraction of sp³-hybridized carbons (Fsp3) is 0.200. The first kappa shape index (κ1) is 13.9. The van der Waals surface area contributed by atoms with Gasteiger partial charge in [0.15, 0.2) is 12.0 Å². The van der Waals surface area contributed by atoms with E-state index in [1.165, 1.54) is 14.2 Å². The Hall–Kier alpha value is -2.56. The van der Waals surface area contributed by atoms with Crippen molar-refractivity contribution in [3.05, 3.63) is 36.0 Å². The Morgan fingerprint density at radius 2 is 1.65 bits per heavy atom. The summed E-state index contributed by atoms with van der Waals surface area (Å²) < 4.78 is 15.5. The molecule has 0 fully saturated rings. The molecule has 1 aromatic carbocycles. The maximum atomic E-state index is 10.9. The quantitative estimate of drug-likeness (QED) is 0.784. The van der Waals surface area contributed by atoms with Gasteiger partial charge in [-0.15, -0.1) is 0 Å². The zero-order valence-electron chi connectivity index (χ0n) is 11.5. The number of ether oxygens (including phenoxy) is 3. The van der Waals surface area contributed by atoms with Crippen LogP contribution in [-0.2, 0) is 0 Å². The highest BCUT2D eigenvalue weighted by atomic mass is 16.5.